The predicted octanol–water partition coefficient (Wildman–Crippen LogP) is 1.98. The van der Waals surface area contributed by atoms with Crippen molar-refractivity contribution in [2.75, 3.05) is 40.3 Å². The summed E-state index contributed by atoms with van der Waals surface area (Å²) in [5.41, 5.74) is 1.35. The summed E-state index contributed by atoms with van der Waals surface area (Å²) in [5.74, 6) is 1.49. The highest BCUT2D eigenvalue weighted by molar-refractivity contribution is 5.80. The molecule has 9 heteroatoms. The Morgan fingerprint density at radius 3 is 2.65 bits per heavy atom. The molecule has 1 aliphatic carbocycles. The second-order valence-electron chi connectivity index (χ2n) is 8.67. The van der Waals surface area contributed by atoms with Gasteiger partial charge >= 0.3 is 0 Å². The number of pyridine rings is 1. The van der Waals surface area contributed by atoms with Gasteiger partial charge in [-0.05, 0) is 53.9 Å². The lowest BCUT2D eigenvalue weighted by Gasteiger charge is -2.37. The fraction of sp³-hybridized carbons (Fsp3) is 0.545. The number of tetrazole rings is 1. The number of aromatic nitrogens is 5. The van der Waals surface area contributed by atoms with E-state index in [2.05, 4.69) is 37.4 Å². The van der Waals surface area contributed by atoms with Crippen molar-refractivity contribution in [1.29, 1.82) is 0 Å². The zero-order chi connectivity index (χ0) is 21.4. The number of hydrogen-bond donors (Lipinski definition) is 1. The van der Waals surface area contributed by atoms with Crippen LogP contribution in [-0.2, 0) is 0 Å². The van der Waals surface area contributed by atoms with E-state index in [1.807, 2.05) is 28.9 Å². The zero-order valence-corrected chi connectivity index (χ0v) is 18.1. The zero-order valence-electron chi connectivity index (χ0n) is 18.1. The first kappa shape index (κ1) is 20.1. The molecule has 5 rings (SSSR count). The predicted molar refractivity (Wildman–Crippen MR) is 117 cm³/mol. The van der Waals surface area contributed by atoms with Crippen LogP contribution in [0, 0.1) is 0 Å². The van der Waals surface area contributed by atoms with Crippen molar-refractivity contribution in [2.24, 2.45) is 0 Å². The first-order valence-corrected chi connectivity index (χ1v) is 11.1. The van der Waals surface area contributed by atoms with Crippen LogP contribution in [0.4, 0.5) is 0 Å². The number of nitrogens with one attached hydrogen (secondary N) is 1. The maximum absolute atomic E-state index is 13.3. The maximum Gasteiger partial charge on any atom is 0.253 e. The van der Waals surface area contributed by atoms with Gasteiger partial charge in [-0.3, -0.25) is 9.69 Å². The van der Waals surface area contributed by atoms with Crippen molar-refractivity contribution in [3.05, 3.63) is 46.0 Å². The van der Waals surface area contributed by atoms with Crippen molar-refractivity contribution in [2.45, 2.75) is 37.8 Å². The van der Waals surface area contributed by atoms with E-state index < -0.39 is 0 Å². The Kier molecular flexibility index (Phi) is 5.45. The average Bonchev–Trinajstić information content (AvgIpc) is 3.47. The maximum atomic E-state index is 13.3. The Labute approximate surface area is 181 Å². The minimum Gasteiger partial charge on any atom is -0.497 e. The molecule has 31 heavy (non-hydrogen) atoms. The lowest BCUT2D eigenvalue weighted by molar-refractivity contribution is 0.120. The van der Waals surface area contributed by atoms with Gasteiger partial charge in [0.05, 0.1) is 18.7 Å². The van der Waals surface area contributed by atoms with Gasteiger partial charge in [0.25, 0.3) is 5.56 Å². The van der Waals surface area contributed by atoms with E-state index >= 15 is 0 Å². The van der Waals surface area contributed by atoms with Crippen LogP contribution in [0.25, 0.3) is 10.9 Å². The minimum absolute atomic E-state index is 0.106. The molecule has 1 saturated carbocycles. The SMILES string of the molecule is COc1ccc2cc([C@@H](c3nnnn3C3CCCC3)N3CCN(C)CC3)c(=O)[nH]c2c1. The van der Waals surface area contributed by atoms with Crippen molar-refractivity contribution < 1.29 is 4.74 Å². The number of hydrogen-bond acceptors (Lipinski definition) is 7. The fourth-order valence-corrected chi connectivity index (χ4v) is 4.90. The molecule has 2 aliphatic rings. The Balaban J connectivity index is 1.62. The molecule has 3 heterocycles. The van der Waals surface area contributed by atoms with Crippen molar-refractivity contribution >= 4 is 10.9 Å². The Bertz CT molecular complexity index is 1110. The summed E-state index contributed by atoms with van der Waals surface area (Å²) < 4.78 is 7.29. The summed E-state index contributed by atoms with van der Waals surface area (Å²) in [4.78, 5) is 21.0. The van der Waals surface area contributed by atoms with Crippen LogP contribution < -0.4 is 10.3 Å². The van der Waals surface area contributed by atoms with E-state index in [1.165, 1.54) is 12.8 Å². The molecule has 2 aromatic heterocycles. The van der Waals surface area contributed by atoms with E-state index in [9.17, 15) is 4.79 Å². The molecule has 1 aliphatic heterocycles. The number of likely N-dealkylation sites (N-methyl/N-ethyl adjacent to an activating group) is 1. The first-order chi connectivity index (χ1) is 15.1. The van der Waals surface area contributed by atoms with Gasteiger partial charge in [-0.25, -0.2) is 4.68 Å². The number of benzene rings is 1. The van der Waals surface area contributed by atoms with Gasteiger partial charge in [-0.15, -0.1) is 5.10 Å². The second kappa shape index (κ2) is 8.39. The molecule has 9 nitrogen and oxygen atoms in total. The fourth-order valence-electron chi connectivity index (χ4n) is 4.90. The highest BCUT2D eigenvalue weighted by atomic mass is 16.5. The third-order valence-electron chi connectivity index (χ3n) is 6.71. The molecule has 2 fully saturated rings. The number of aromatic amines is 1. The van der Waals surface area contributed by atoms with Crippen LogP contribution >= 0.6 is 0 Å². The molecule has 1 N–H and O–H groups in total. The summed E-state index contributed by atoms with van der Waals surface area (Å²) in [6.07, 6.45) is 4.56. The average molecular weight is 424 g/mol. The van der Waals surface area contributed by atoms with Crippen molar-refractivity contribution in [3.8, 4) is 5.75 Å². The molecule has 164 valence electrons. The van der Waals surface area contributed by atoms with Crippen molar-refractivity contribution in [1.82, 2.24) is 35.0 Å². The van der Waals surface area contributed by atoms with Gasteiger partial charge < -0.3 is 14.6 Å². The number of fused-ring (bicyclic) bond motifs is 1. The molecule has 3 aromatic rings. The van der Waals surface area contributed by atoms with Crippen LogP contribution in [0.1, 0.15) is 49.2 Å². The van der Waals surface area contributed by atoms with Crippen molar-refractivity contribution in [3.63, 3.8) is 0 Å². The lowest BCUT2D eigenvalue weighted by atomic mass is 10.0. The van der Waals surface area contributed by atoms with Crippen LogP contribution in [0.3, 0.4) is 0 Å². The third kappa shape index (κ3) is 3.83. The monoisotopic (exact) mass is 423 g/mol. The largest absolute Gasteiger partial charge is 0.497 e. The lowest BCUT2D eigenvalue weighted by Crippen LogP contribution is -2.47. The van der Waals surface area contributed by atoms with Crippen LogP contribution in [0.5, 0.6) is 5.75 Å². The van der Waals surface area contributed by atoms with E-state index in [4.69, 9.17) is 4.74 Å². The van der Waals surface area contributed by atoms with E-state index in [0.717, 1.165) is 61.5 Å². The summed E-state index contributed by atoms with van der Waals surface area (Å²) in [7, 11) is 3.76. The van der Waals surface area contributed by atoms with Crippen LogP contribution in [0.2, 0.25) is 0 Å². The highest BCUT2D eigenvalue weighted by Gasteiger charge is 2.34. The summed E-state index contributed by atoms with van der Waals surface area (Å²) in [5, 5.41) is 13.8. The van der Waals surface area contributed by atoms with Gasteiger partial charge in [0.2, 0.25) is 0 Å². The van der Waals surface area contributed by atoms with Gasteiger partial charge in [0.1, 0.15) is 11.8 Å². The number of ether oxygens (including phenoxy) is 1. The Morgan fingerprint density at radius 1 is 1.13 bits per heavy atom. The van der Waals surface area contributed by atoms with E-state index in [1.54, 1.807) is 7.11 Å². The number of H-pyrrole nitrogens is 1. The second-order valence-corrected chi connectivity index (χ2v) is 8.67. The molecule has 1 saturated heterocycles. The Hall–Kier alpha value is -2.78. The summed E-state index contributed by atoms with van der Waals surface area (Å²) in [6, 6.07) is 7.77. The number of piperazine rings is 1. The Morgan fingerprint density at radius 2 is 1.90 bits per heavy atom. The molecule has 0 radical (unpaired) electrons. The van der Waals surface area contributed by atoms with Gasteiger partial charge in [0.15, 0.2) is 5.82 Å². The summed E-state index contributed by atoms with van der Waals surface area (Å²) >= 11 is 0. The molecule has 0 amide bonds. The number of methoxy groups -OCH3 is 1. The quantitative estimate of drug-likeness (QED) is 0.671. The number of nitrogens with zero attached hydrogens (tertiary/aromatic N) is 6. The van der Waals surface area contributed by atoms with Gasteiger partial charge in [0, 0.05) is 37.8 Å². The smallest absolute Gasteiger partial charge is 0.253 e. The molecule has 0 bridgehead atoms. The standard InChI is InChI=1S/C22H29N7O2/c1-27-9-11-28(12-10-27)20(21-24-25-26-29(21)16-5-3-4-6-16)18-13-15-7-8-17(31-2)14-19(15)23-22(18)30/h7-8,13-14,16,20H,3-6,9-12H2,1-2H3,(H,23,30)/t20-/m0/s1. The number of rotatable bonds is 5. The highest BCUT2D eigenvalue weighted by Crippen LogP contribution is 2.34. The van der Waals surface area contributed by atoms with Crippen LogP contribution in [-0.4, -0.2) is 75.3 Å². The first-order valence-electron chi connectivity index (χ1n) is 11.1. The van der Waals surface area contributed by atoms with E-state index in [-0.39, 0.29) is 11.6 Å². The third-order valence-corrected chi connectivity index (χ3v) is 6.71. The molecule has 0 unspecified atom stereocenters. The van der Waals surface area contributed by atoms with Gasteiger partial charge in [-0.1, -0.05) is 12.8 Å². The summed E-state index contributed by atoms with van der Waals surface area (Å²) in [6.45, 7) is 3.62. The van der Waals surface area contributed by atoms with Crippen LogP contribution in [0.15, 0.2) is 29.1 Å². The molecule has 1 aromatic carbocycles. The molecular formula is C22H29N7O2. The normalized spacial score (nSPS) is 19.8. The minimum atomic E-state index is -0.278. The van der Waals surface area contributed by atoms with Gasteiger partial charge in [-0.2, -0.15) is 0 Å². The molecule has 0 spiro atoms. The molecule has 1 atom stereocenters. The molecular weight excluding hydrogens is 394 g/mol. The van der Waals surface area contributed by atoms with E-state index in [0.29, 0.717) is 11.6 Å². The topological polar surface area (TPSA) is 92.2 Å².